The van der Waals surface area contributed by atoms with Gasteiger partial charge in [-0.15, -0.1) is 0 Å². The number of likely N-dealkylation sites (tertiary alicyclic amines) is 2. The molecule has 118 valence electrons. The van der Waals surface area contributed by atoms with Crippen LogP contribution in [0.4, 0.5) is 0 Å². The van der Waals surface area contributed by atoms with Crippen LogP contribution in [-0.2, 0) is 0 Å². The zero-order chi connectivity index (χ0) is 15.2. The molecule has 2 fully saturated rings. The van der Waals surface area contributed by atoms with E-state index >= 15 is 0 Å². The van der Waals surface area contributed by atoms with E-state index in [1.807, 2.05) is 13.8 Å². The molecule has 0 atom stereocenters. The van der Waals surface area contributed by atoms with E-state index in [0.717, 1.165) is 12.0 Å². The lowest BCUT2D eigenvalue weighted by Crippen LogP contribution is -2.60. The molecule has 0 radical (unpaired) electrons. The highest BCUT2D eigenvalue weighted by molar-refractivity contribution is 5.25. The summed E-state index contributed by atoms with van der Waals surface area (Å²) in [7, 11) is 0. The predicted molar refractivity (Wildman–Crippen MR) is 92.0 cm³/mol. The third-order valence-corrected chi connectivity index (χ3v) is 4.98. The Morgan fingerprint density at radius 2 is 1.57 bits per heavy atom. The quantitative estimate of drug-likeness (QED) is 0.832. The minimum Gasteiger partial charge on any atom is -0.300 e. The normalized spacial score (nSPS) is 21.5. The molecule has 0 aromatic heterocycles. The standard InChI is InChI=1S/C17H26N2.C2H6/c1-3-18-12-17(13-18)19-10-8-16(9-11-19)15-6-4-14(2)5-7-15;1-2/h4-7,16-17H,3,8-13H2,1-2H3;1-2H3. The molecule has 0 bridgehead atoms. The van der Waals surface area contributed by atoms with Crippen LogP contribution in [0.25, 0.3) is 0 Å². The molecule has 2 aliphatic rings. The molecule has 2 heterocycles. The largest absolute Gasteiger partial charge is 0.300 e. The van der Waals surface area contributed by atoms with Crippen molar-refractivity contribution >= 4 is 0 Å². The Bertz CT molecular complexity index is 398. The van der Waals surface area contributed by atoms with Crippen molar-refractivity contribution in [3.8, 4) is 0 Å². The van der Waals surface area contributed by atoms with Crippen LogP contribution in [0.3, 0.4) is 0 Å². The smallest absolute Gasteiger partial charge is 0.0350 e. The Balaban J connectivity index is 0.000000774. The summed E-state index contributed by atoms with van der Waals surface area (Å²) in [5.41, 5.74) is 2.92. The Kier molecular flexibility index (Phi) is 6.25. The van der Waals surface area contributed by atoms with E-state index < -0.39 is 0 Å². The van der Waals surface area contributed by atoms with E-state index in [9.17, 15) is 0 Å². The van der Waals surface area contributed by atoms with Crippen LogP contribution in [0.5, 0.6) is 0 Å². The fraction of sp³-hybridized carbons (Fsp3) is 0.684. The molecule has 0 aliphatic carbocycles. The molecule has 0 N–H and O–H groups in total. The fourth-order valence-corrected chi connectivity index (χ4v) is 3.47. The minimum atomic E-state index is 0.791. The summed E-state index contributed by atoms with van der Waals surface area (Å²) in [6.07, 6.45) is 2.68. The average Bonchev–Trinajstić information content (AvgIpc) is 2.50. The van der Waals surface area contributed by atoms with Crippen molar-refractivity contribution in [3.05, 3.63) is 35.4 Å². The summed E-state index contributed by atoms with van der Waals surface area (Å²) in [6.45, 7) is 14.8. The van der Waals surface area contributed by atoms with Crippen LogP contribution >= 0.6 is 0 Å². The van der Waals surface area contributed by atoms with Gasteiger partial charge in [-0.3, -0.25) is 4.90 Å². The number of likely N-dealkylation sites (N-methyl/N-ethyl adjacent to an activating group) is 1. The van der Waals surface area contributed by atoms with E-state index in [-0.39, 0.29) is 0 Å². The molecule has 2 heteroatoms. The predicted octanol–water partition coefficient (Wildman–Crippen LogP) is 3.90. The summed E-state index contributed by atoms with van der Waals surface area (Å²) < 4.78 is 0. The van der Waals surface area contributed by atoms with Crippen LogP contribution in [0.1, 0.15) is 50.7 Å². The highest BCUT2D eigenvalue weighted by Gasteiger charge is 2.32. The van der Waals surface area contributed by atoms with Crippen LogP contribution in [-0.4, -0.2) is 48.6 Å². The monoisotopic (exact) mass is 288 g/mol. The highest BCUT2D eigenvalue weighted by Crippen LogP contribution is 2.30. The Morgan fingerprint density at radius 3 is 2.10 bits per heavy atom. The molecule has 2 aliphatic heterocycles. The van der Waals surface area contributed by atoms with Gasteiger partial charge in [-0.2, -0.15) is 0 Å². The molecule has 2 saturated heterocycles. The molecule has 21 heavy (non-hydrogen) atoms. The lowest BCUT2D eigenvalue weighted by Gasteiger charge is -2.47. The SMILES string of the molecule is CC.CCN1CC(N2CCC(c3ccc(C)cc3)CC2)C1. The van der Waals surface area contributed by atoms with E-state index in [2.05, 4.69) is 47.9 Å². The van der Waals surface area contributed by atoms with E-state index in [4.69, 9.17) is 0 Å². The molecule has 1 aromatic rings. The number of hydrogen-bond donors (Lipinski definition) is 0. The van der Waals surface area contributed by atoms with Crippen molar-refractivity contribution < 1.29 is 0 Å². The van der Waals surface area contributed by atoms with Gasteiger partial charge in [0.1, 0.15) is 0 Å². The van der Waals surface area contributed by atoms with Gasteiger partial charge in [0.2, 0.25) is 0 Å². The minimum absolute atomic E-state index is 0.791. The number of hydrogen-bond acceptors (Lipinski definition) is 2. The van der Waals surface area contributed by atoms with Crippen molar-refractivity contribution in [2.45, 2.75) is 52.5 Å². The van der Waals surface area contributed by atoms with Gasteiger partial charge >= 0.3 is 0 Å². The van der Waals surface area contributed by atoms with Crippen LogP contribution in [0, 0.1) is 6.92 Å². The zero-order valence-electron chi connectivity index (χ0n) is 14.3. The fourth-order valence-electron chi connectivity index (χ4n) is 3.47. The second-order valence-corrected chi connectivity index (χ2v) is 6.23. The Hall–Kier alpha value is -0.860. The maximum Gasteiger partial charge on any atom is 0.0350 e. The van der Waals surface area contributed by atoms with Gasteiger partial charge < -0.3 is 4.90 Å². The maximum atomic E-state index is 2.72. The van der Waals surface area contributed by atoms with Gasteiger partial charge in [0, 0.05) is 19.1 Å². The van der Waals surface area contributed by atoms with Crippen molar-refractivity contribution in [1.82, 2.24) is 9.80 Å². The van der Waals surface area contributed by atoms with Crippen LogP contribution < -0.4 is 0 Å². The second-order valence-electron chi connectivity index (χ2n) is 6.23. The van der Waals surface area contributed by atoms with E-state index in [0.29, 0.717) is 0 Å². The van der Waals surface area contributed by atoms with E-state index in [1.54, 1.807) is 5.56 Å². The Morgan fingerprint density at radius 1 is 1.00 bits per heavy atom. The van der Waals surface area contributed by atoms with Gasteiger partial charge in [-0.05, 0) is 50.9 Å². The summed E-state index contributed by atoms with van der Waals surface area (Å²) in [4.78, 5) is 5.26. The van der Waals surface area contributed by atoms with Crippen molar-refractivity contribution in [3.63, 3.8) is 0 Å². The first-order chi connectivity index (χ1) is 10.3. The first kappa shape index (κ1) is 16.5. The highest BCUT2D eigenvalue weighted by atomic mass is 15.3. The molecule has 0 unspecified atom stereocenters. The van der Waals surface area contributed by atoms with Crippen LogP contribution in [0.2, 0.25) is 0 Å². The summed E-state index contributed by atoms with van der Waals surface area (Å²) >= 11 is 0. The number of benzene rings is 1. The van der Waals surface area contributed by atoms with Gasteiger partial charge in [0.25, 0.3) is 0 Å². The summed E-state index contributed by atoms with van der Waals surface area (Å²) in [5.74, 6) is 0.791. The molecule has 2 nitrogen and oxygen atoms in total. The van der Waals surface area contributed by atoms with Crippen molar-refractivity contribution in [2.75, 3.05) is 32.7 Å². The molecule has 0 saturated carbocycles. The lowest BCUT2D eigenvalue weighted by molar-refractivity contribution is 0.0236. The molecular weight excluding hydrogens is 256 g/mol. The second kappa shape index (κ2) is 7.95. The third kappa shape index (κ3) is 4.08. The number of rotatable bonds is 3. The van der Waals surface area contributed by atoms with E-state index in [1.165, 1.54) is 51.1 Å². The lowest BCUT2D eigenvalue weighted by atomic mass is 9.88. The third-order valence-electron chi connectivity index (χ3n) is 4.98. The first-order valence-corrected chi connectivity index (χ1v) is 8.79. The summed E-state index contributed by atoms with van der Waals surface area (Å²) in [5, 5.41) is 0. The van der Waals surface area contributed by atoms with Crippen LogP contribution in [0.15, 0.2) is 24.3 Å². The van der Waals surface area contributed by atoms with Gasteiger partial charge in [0.05, 0.1) is 0 Å². The number of nitrogens with zero attached hydrogens (tertiary/aromatic N) is 2. The maximum absolute atomic E-state index is 2.72. The average molecular weight is 288 g/mol. The molecule has 1 aromatic carbocycles. The molecule has 0 spiro atoms. The topological polar surface area (TPSA) is 6.48 Å². The van der Waals surface area contributed by atoms with Crippen molar-refractivity contribution in [2.24, 2.45) is 0 Å². The molecule has 0 amide bonds. The van der Waals surface area contributed by atoms with Gasteiger partial charge in [-0.25, -0.2) is 0 Å². The number of aryl methyl sites for hydroxylation is 1. The van der Waals surface area contributed by atoms with Crippen molar-refractivity contribution in [1.29, 1.82) is 0 Å². The Labute approximate surface area is 131 Å². The first-order valence-electron chi connectivity index (χ1n) is 8.79. The molecular formula is C19H32N2. The zero-order valence-corrected chi connectivity index (χ0v) is 14.3. The summed E-state index contributed by atoms with van der Waals surface area (Å²) in [6, 6.07) is 10.0. The molecule has 3 rings (SSSR count). The van der Waals surface area contributed by atoms with Gasteiger partial charge in [0.15, 0.2) is 0 Å². The number of piperidine rings is 1. The van der Waals surface area contributed by atoms with Gasteiger partial charge in [-0.1, -0.05) is 50.6 Å².